The standard InChI is InChI=1S/C16H12BrN3O2/c17-14-2-1-3-15(8-14)22-11-16(21)20-19-10-13-6-4-12(9-18)5-7-13/h1-8,10H,11H2,(H,20,21)/b19-10-. The molecule has 1 N–H and O–H groups in total. The zero-order chi connectivity index (χ0) is 15.8. The van der Waals surface area contributed by atoms with Crippen molar-refractivity contribution in [3.63, 3.8) is 0 Å². The van der Waals surface area contributed by atoms with Gasteiger partial charge in [-0.1, -0.05) is 34.1 Å². The topological polar surface area (TPSA) is 74.5 Å². The van der Waals surface area contributed by atoms with Crippen LogP contribution in [0.2, 0.25) is 0 Å². The molecule has 0 atom stereocenters. The number of amides is 1. The Balaban J connectivity index is 1.79. The average molecular weight is 358 g/mol. The van der Waals surface area contributed by atoms with Gasteiger partial charge < -0.3 is 4.74 Å². The molecule has 0 radical (unpaired) electrons. The van der Waals surface area contributed by atoms with E-state index in [2.05, 4.69) is 26.5 Å². The van der Waals surface area contributed by atoms with Crippen molar-refractivity contribution in [1.29, 1.82) is 5.26 Å². The normalized spacial score (nSPS) is 10.2. The highest BCUT2D eigenvalue weighted by molar-refractivity contribution is 9.10. The van der Waals surface area contributed by atoms with E-state index in [4.69, 9.17) is 10.00 Å². The number of carbonyl (C=O) groups is 1. The van der Waals surface area contributed by atoms with E-state index in [0.29, 0.717) is 11.3 Å². The SMILES string of the molecule is N#Cc1ccc(/C=N\NC(=O)COc2cccc(Br)c2)cc1. The van der Waals surface area contributed by atoms with Crippen molar-refractivity contribution in [1.82, 2.24) is 5.43 Å². The number of hydrazone groups is 1. The van der Waals surface area contributed by atoms with Gasteiger partial charge in [-0.05, 0) is 35.9 Å². The van der Waals surface area contributed by atoms with Crippen molar-refractivity contribution in [2.24, 2.45) is 5.10 Å². The summed E-state index contributed by atoms with van der Waals surface area (Å²) in [6.07, 6.45) is 1.50. The molecule has 2 rings (SSSR count). The van der Waals surface area contributed by atoms with Crippen molar-refractivity contribution in [2.75, 3.05) is 6.61 Å². The molecule has 0 aromatic heterocycles. The van der Waals surface area contributed by atoms with Crippen molar-refractivity contribution in [3.8, 4) is 11.8 Å². The van der Waals surface area contributed by atoms with Crippen molar-refractivity contribution < 1.29 is 9.53 Å². The van der Waals surface area contributed by atoms with Crippen LogP contribution in [0.4, 0.5) is 0 Å². The van der Waals surface area contributed by atoms with Crippen LogP contribution in [0.5, 0.6) is 5.75 Å². The molecule has 0 heterocycles. The lowest BCUT2D eigenvalue weighted by atomic mass is 10.2. The molecule has 22 heavy (non-hydrogen) atoms. The smallest absolute Gasteiger partial charge is 0.277 e. The van der Waals surface area contributed by atoms with Gasteiger partial charge in [-0.3, -0.25) is 4.79 Å². The highest BCUT2D eigenvalue weighted by Crippen LogP contribution is 2.17. The first kappa shape index (κ1) is 15.7. The summed E-state index contributed by atoms with van der Waals surface area (Å²) in [4.78, 5) is 11.6. The molecule has 2 aromatic carbocycles. The first-order valence-corrected chi connectivity index (χ1v) is 7.17. The van der Waals surface area contributed by atoms with E-state index in [1.54, 1.807) is 36.4 Å². The lowest BCUT2D eigenvalue weighted by Gasteiger charge is -2.05. The van der Waals surface area contributed by atoms with E-state index < -0.39 is 0 Å². The van der Waals surface area contributed by atoms with Crippen LogP contribution in [0.25, 0.3) is 0 Å². The average Bonchev–Trinajstić information content (AvgIpc) is 2.54. The van der Waals surface area contributed by atoms with Crippen molar-refractivity contribution in [3.05, 3.63) is 64.1 Å². The lowest BCUT2D eigenvalue weighted by Crippen LogP contribution is -2.24. The number of hydrogen-bond donors (Lipinski definition) is 1. The van der Waals surface area contributed by atoms with Gasteiger partial charge in [-0.15, -0.1) is 0 Å². The molecular weight excluding hydrogens is 346 g/mol. The van der Waals surface area contributed by atoms with Crippen molar-refractivity contribution in [2.45, 2.75) is 0 Å². The van der Waals surface area contributed by atoms with Gasteiger partial charge in [0.15, 0.2) is 6.61 Å². The predicted octanol–water partition coefficient (Wildman–Crippen LogP) is 2.85. The maximum Gasteiger partial charge on any atom is 0.277 e. The van der Waals surface area contributed by atoms with Gasteiger partial charge in [0.2, 0.25) is 0 Å². The van der Waals surface area contributed by atoms with Crippen LogP contribution >= 0.6 is 15.9 Å². The number of carbonyl (C=O) groups excluding carboxylic acids is 1. The van der Waals surface area contributed by atoms with Gasteiger partial charge in [0, 0.05) is 4.47 Å². The molecule has 110 valence electrons. The summed E-state index contributed by atoms with van der Waals surface area (Å²) >= 11 is 3.32. The Morgan fingerprint density at radius 2 is 2.09 bits per heavy atom. The molecule has 0 spiro atoms. The molecule has 5 nitrogen and oxygen atoms in total. The number of nitrogens with one attached hydrogen (secondary N) is 1. The monoisotopic (exact) mass is 357 g/mol. The van der Waals surface area contributed by atoms with Gasteiger partial charge in [0.25, 0.3) is 5.91 Å². The van der Waals surface area contributed by atoms with E-state index in [9.17, 15) is 4.79 Å². The third-order valence-corrected chi connectivity index (χ3v) is 3.10. The first-order valence-electron chi connectivity index (χ1n) is 6.38. The molecule has 0 unspecified atom stereocenters. The highest BCUT2D eigenvalue weighted by Gasteiger charge is 2.01. The first-order chi connectivity index (χ1) is 10.7. The van der Waals surface area contributed by atoms with Crippen LogP contribution in [0.15, 0.2) is 58.1 Å². The fourth-order valence-electron chi connectivity index (χ4n) is 1.56. The number of nitriles is 1. The van der Waals surface area contributed by atoms with Crippen molar-refractivity contribution >= 4 is 28.1 Å². The number of halogens is 1. The predicted molar refractivity (Wildman–Crippen MR) is 86.5 cm³/mol. The van der Waals surface area contributed by atoms with Gasteiger partial charge in [0.1, 0.15) is 5.75 Å². The second-order valence-corrected chi connectivity index (χ2v) is 5.19. The Bertz CT molecular complexity index is 721. The molecule has 2 aromatic rings. The molecule has 0 saturated carbocycles. The Hall–Kier alpha value is -2.65. The molecule has 0 aliphatic rings. The molecule has 0 bridgehead atoms. The molecule has 1 amide bonds. The largest absolute Gasteiger partial charge is 0.484 e. The van der Waals surface area contributed by atoms with E-state index in [-0.39, 0.29) is 12.5 Å². The van der Waals surface area contributed by atoms with Crippen LogP contribution < -0.4 is 10.2 Å². The highest BCUT2D eigenvalue weighted by atomic mass is 79.9. The van der Waals surface area contributed by atoms with Crippen LogP contribution in [-0.2, 0) is 4.79 Å². The van der Waals surface area contributed by atoms with Crippen LogP contribution in [-0.4, -0.2) is 18.7 Å². The van der Waals surface area contributed by atoms with E-state index in [0.717, 1.165) is 10.0 Å². The number of ether oxygens (including phenoxy) is 1. The van der Waals surface area contributed by atoms with Gasteiger partial charge >= 0.3 is 0 Å². The van der Waals surface area contributed by atoms with E-state index >= 15 is 0 Å². The Morgan fingerprint density at radius 3 is 2.77 bits per heavy atom. The van der Waals surface area contributed by atoms with Gasteiger partial charge in [-0.25, -0.2) is 5.43 Å². The number of benzene rings is 2. The Morgan fingerprint density at radius 1 is 1.32 bits per heavy atom. The number of rotatable bonds is 5. The zero-order valence-electron chi connectivity index (χ0n) is 11.5. The second-order valence-electron chi connectivity index (χ2n) is 4.27. The van der Waals surface area contributed by atoms with Crippen LogP contribution in [0.3, 0.4) is 0 Å². The second kappa shape index (κ2) is 7.96. The molecule has 6 heteroatoms. The summed E-state index contributed by atoms with van der Waals surface area (Å²) in [5.74, 6) is 0.241. The summed E-state index contributed by atoms with van der Waals surface area (Å²) in [5.41, 5.74) is 3.73. The lowest BCUT2D eigenvalue weighted by molar-refractivity contribution is -0.123. The maximum absolute atomic E-state index is 11.6. The molecule has 0 aliphatic carbocycles. The summed E-state index contributed by atoms with van der Waals surface area (Å²) in [6, 6.07) is 16.1. The van der Waals surface area contributed by atoms with Gasteiger partial charge in [0.05, 0.1) is 17.8 Å². The summed E-state index contributed by atoms with van der Waals surface area (Å²) < 4.78 is 6.21. The third-order valence-electron chi connectivity index (χ3n) is 2.61. The Labute approximate surface area is 136 Å². The van der Waals surface area contributed by atoms with E-state index in [1.807, 2.05) is 18.2 Å². The summed E-state index contributed by atoms with van der Waals surface area (Å²) in [6.45, 7) is -0.124. The number of hydrogen-bond acceptors (Lipinski definition) is 4. The Kier molecular flexibility index (Phi) is 5.69. The molecule has 0 fully saturated rings. The minimum atomic E-state index is -0.357. The fraction of sp³-hybridized carbons (Fsp3) is 0.0625. The molecular formula is C16H12BrN3O2. The zero-order valence-corrected chi connectivity index (χ0v) is 13.1. The molecule has 0 aliphatic heterocycles. The third kappa shape index (κ3) is 5.04. The minimum absolute atomic E-state index is 0.124. The maximum atomic E-state index is 11.6. The number of nitrogens with zero attached hydrogens (tertiary/aromatic N) is 2. The minimum Gasteiger partial charge on any atom is -0.484 e. The summed E-state index contributed by atoms with van der Waals surface area (Å²) in [7, 11) is 0. The molecule has 0 saturated heterocycles. The van der Waals surface area contributed by atoms with Crippen LogP contribution in [0, 0.1) is 11.3 Å². The summed E-state index contributed by atoms with van der Waals surface area (Å²) in [5, 5.41) is 12.5. The fourth-order valence-corrected chi connectivity index (χ4v) is 1.94. The van der Waals surface area contributed by atoms with Crippen LogP contribution in [0.1, 0.15) is 11.1 Å². The van der Waals surface area contributed by atoms with Gasteiger partial charge in [-0.2, -0.15) is 10.4 Å². The van der Waals surface area contributed by atoms with E-state index in [1.165, 1.54) is 6.21 Å². The quantitative estimate of drug-likeness (QED) is 0.660.